The van der Waals surface area contributed by atoms with Crippen LogP contribution in [0.25, 0.3) is 0 Å². The van der Waals surface area contributed by atoms with Crippen LogP contribution in [0.1, 0.15) is 29.9 Å². The molecule has 16 heavy (non-hydrogen) atoms. The van der Waals surface area contributed by atoms with Gasteiger partial charge in [0.15, 0.2) is 0 Å². The third kappa shape index (κ3) is 2.57. The van der Waals surface area contributed by atoms with Crippen molar-refractivity contribution in [3.63, 3.8) is 0 Å². The Morgan fingerprint density at radius 2 is 2.56 bits per heavy atom. The molecule has 0 aromatic carbocycles. The first kappa shape index (κ1) is 11.1. The van der Waals surface area contributed by atoms with Crippen LogP contribution in [-0.2, 0) is 16.0 Å². The van der Waals surface area contributed by atoms with E-state index in [1.54, 1.807) is 4.68 Å². The van der Waals surface area contributed by atoms with Crippen molar-refractivity contribution in [1.82, 2.24) is 14.8 Å². The van der Waals surface area contributed by atoms with Crippen LogP contribution >= 0.6 is 0 Å². The van der Waals surface area contributed by atoms with Crippen LogP contribution in [0, 0.1) is 0 Å². The summed E-state index contributed by atoms with van der Waals surface area (Å²) in [5.41, 5.74) is 0. The molecule has 6 heteroatoms. The van der Waals surface area contributed by atoms with E-state index < -0.39 is 5.97 Å². The van der Waals surface area contributed by atoms with Crippen molar-refractivity contribution in [2.24, 2.45) is 0 Å². The molecule has 6 nitrogen and oxygen atoms in total. The molecule has 88 valence electrons. The molecule has 1 aromatic rings. The van der Waals surface area contributed by atoms with Gasteiger partial charge in [-0.05, 0) is 19.3 Å². The molecule has 0 radical (unpaired) electrons. The summed E-state index contributed by atoms with van der Waals surface area (Å²) in [4.78, 5) is 15.0. The molecule has 0 amide bonds. The van der Waals surface area contributed by atoms with Gasteiger partial charge in [0.05, 0.1) is 19.8 Å². The van der Waals surface area contributed by atoms with Gasteiger partial charge in [-0.3, -0.25) is 0 Å². The smallest absolute Gasteiger partial charge is 0.377 e. The van der Waals surface area contributed by atoms with Crippen LogP contribution in [0.5, 0.6) is 0 Å². The topological polar surface area (TPSA) is 66.2 Å². The van der Waals surface area contributed by atoms with Crippen LogP contribution < -0.4 is 0 Å². The van der Waals surface area contributed by atoms with Gasteiger partial charge in [-0.25, -0.2) is 14.5 Å². The molecule has 1 aliphatic rings. The molecule has 1 atom stereocenters. The summed E-state index contributed by atoms with van der Waals surface area (Å²) in [5, 5.41) is 4.03. The van der Waals surface area contributed by atoms with Crippen LogP contribution in [-0.4, -0.2) is 40.6 Å². The van der Waals surface area contributed by atoms with Crippen molar-refractivity contribution >= 4 is 5.97 Å². The maximum atomic E-state index is 11.1. The Labute approximate surface area is 93.6 Å². The van der Waals surface area contributed by atoms with Crippen LogP contribution in [0.3, 0.4) is 0 Å². The van der Waals surface area contributed by atoms with Crippen LogP contribution in [0.2, 0.25) is 0 Å². The van der Waals surface area contributed by atoms with Gasteiger partial charge in [-0.1, -0.05) is 0 Å². The third-order valence-electron chi connectivity index (χ3n) is 2.57. The van der Waals surface area contributed by atoms with Crippen LogP contribution in [0.15, 0.2) is 6.33 Å². The zero-order valence-corrected chi connectivity index (χ0v) is 9.26. The summed E-state index contributed by atoms with van der Waals surface area (Å²) in [6, 6.07) is 0. The zero-order chi connectivity index (χ0) is 11.4. The van der Waals surface area contributed by atoms with E-state index in [0.29, 0.717) is 6.54 Å². The molecule has 0 aliphatic carbocycles. The fraction of sp³-hybridized carbons (Fsp3) is 0.700. The van der Waals surface area contributed by atoms with Gasteiger partial charge in [-0.2, -0.15) is 0 Å². The maximum absolute atomic E-state index is 11.1. The lowest BCUT2D eigenvalue weighted by atomic mass is 10.1. The number of ether oxygens (including phenoxy) is 2. The monoisotopic (exact) mass is 225 g/mol. The molecule has 0 bridgehead atoms. The highest BCUT2D eigenvalue weighted by atomic mass is 16.5. The molecule has 1 unspecified atom stereocenters. The Bertz CT molecular complexity index is 358. The second kappa shape index (κ2) is 5.07. The van der Waals surface area contributed by atoms with Gasteiger partial charge in [0.25, 0.3) is 5.82 Å². The summed E-state index contributed by atoms with van der Waals surface area (Å²) in [7, 11) is 1.31. The molecule has 0 spiro atoms. The number of hydrogen-bond donors (Lipinski definition) is 0. The van der Waals surface area contributed by atoms with Gasteiger partial charge in [-0.15, -0.1) is 5.10 Å². The number of rotatable bonds is 3. The van der Waals surface area contributed by atoms with E-state index in [0.717, 1.165) is 19.4 Å². The summed E-state index contributed by atoms with van der Waals surface area (Å²) in [6.07, 6.45) is 5.06. The molecule has 0 saturated carbocycles. The van der Waals surface area contributed by atoms with E-state index >= 15 is 0 Å². The van der Waals surface area contributed by atoms with Crippen molar-refractivity contribution in [1.29, 1.82) is 0 Å². The fourth-order valence-electron chi connectivity index (χ4n) is 1.73. The van der Waals surface area contributed by atoms with Crippen molar-refractivity contribution in [3.8, 4) is 0 Å². The van der Waals surface area contributed by atoms with Crippen molar-refractivity contribution in [3.05, 3.63) is 12.2 Å². The third-order valence-corrected chi connectivity index (χ3v) is 2.57. The van der Waals surface area contributed by atoms with Gasteiger partial charge in [0, 0.05) is 6.61 Å². The van der Waals surface area contributed by atoms with E-state index in [4.69, 9.17) is 4.74 Å². The van der Waals surface area contributed by atoms with Crippen molar-refractivity contribution in [2.75, 3.05) is 13.7 Å². The lowest BCUT2D eigenvalue weighted by Crippen LogP contribution is -2.24. The Morgan fingerprint density at radius 1 is 1.69 bits per heavy atom. The number of aromatic nitrogens is 3. The molecule has 1 fully saturated rings. The highest BCUT2D eigenvalue weighted by Gasteiger charge is 2.17. The Hall–Kier alpha value is -1.43. The standard InChI is InChI=1S/C10H15N3O3/c1-15-10(14)9-11-7-13(12-9)6-8-4-2-3-5-16-8/h7-8H,2-6H2,1H3. The minimum absolute atomic E-state index is 0.0957. The highest BCUT2D eigenvalue weighted by molar-refractivity contribution is 5.84. The fourth-order valence-corrected chi connectivity index (χ4v) is 1.73. The Balaban J connectivity index is 1.94. The zero-order valence-electron chi connectivity index (χ0n) is 9.26. The predicted octanol–water partition coefficient (Wildman–Crippen LogP) is 0.634. The molecule has 0 N–H and O–H groups in total. The van der Waals surface area contributed by atoms with Crippen molar-refractivity contribution in [2.45, 2.75) is 31.9 Å². The number of nitrogens with zero attached hydrogens (tertiary/aromatic N) is 3. The quantitative estimate of drug-likeness (QED) is 0.706. The SMILES string of the molecule is COC(=O)c1ncn(CC2CCCCO2)n1. The van der Waals surface area contributed by atoms with Crippen LogP contribution in [0.4, 0.5) is 0 Å². The molecule has 1 aliphatic heterocycles. The number of esters is 1. The average Bonchev–Trinajstić information content (AvgIpc) is 2.78. The highest BCUT2D eigenvalue weighted by Crippen LogP contribution is 2.13. The average molecular weight is 225 g/mol. The van der Waals surface area contributed by atoms with Gasteiger partial charge in [0.1, 0.15) is 6.33 Å². The van der Waals surface area contributed by atoms with Gasteiger partial charge >= 0.3 is 5.97 Å². The first-order chi connectivity index (χ1) is 7.79. The molecular weight excluding hydrogens is 210 g/mol. The first-order valence-electron chi connectivity index (χ1n) is 5.39. The normalized spacial score (nSPS) is 20.7. The predicted molar refractivity (Wildman–Crippen MR) is 55.0 cm³/mol. The Kier molecular flexibility index (Phi) is 3.51. The largest absolute Gasteiger partial charge is 0.463 e. The minimum atomic E-state index is -0.511. The summed E-state index contributed by atoms with van der Waals surface area (Å²) in [6.45, 7) is 1.45. The lowest BCUT2D eigenvalue weighted by Gasteiger charge is -2.21. The number of methoxy groups -OCH3 is 1. The Morgan fingerprint density at radius 3 is 3.25 bits per heavy atom. The van der Waals surface area contributed by atoms with E-state index in [1.807, 2.05) is 0 Å². The van der Waals surface area contributed by atoms with E-state index in [1.165, 1.54) is 19.9 Å². The summed E-state index contributed by atoms with van der Waals surface area (Å²) >= 11 is 0. The molecule has 1 aromatic heterocycles. The van der Waals surface area contributed by atoms with E-state index in [-0.39, 0.29) is 11.9 Å². The summed E-state index contributed by atoms with van der Waals surface area (Å²) in [5.74, 6) is -0.415. The second-order valence-electron chi connectivity index (χ2n) is 3.77. The number of hydrogen-bond acceptors (Lipinski definition) is 5. The summed E-state index contributed by atoms with van der Waals surface area (Å²) < 4.78 is 11.7. The lowest BCUT2D eigenvalue weighted by molar-refractivity contribution is 0.00381. The first-order valence-corrected chi connectivity index (χ1v) is 5.39. The molecule has 2 heterocycles. The number of carbonyl (C=O) groups excluding carboxylic acids is 1. The van der Waals surface area contributed by atoms with Gasteiger partial charge in [0.2, 0.25) is 0 Å². The molecule has 1 saturated heterocycles. The molecule has 2 rings (SSSR count). The second-order valence-corrected chi connectivity index (χ2v) is 3.77. The van der Waals surface area contributed by atoms with Crippen molar-refractivity contribution < 1.29 is 14.3 Å². The minimum Gasteiger partial charge on any atom is -0.463 e. The number of carbonyl (C=O) groups is 1. The van der Waals surface area contributed by atoms with Gasteiger partial charge < -0.3 is 9.47 Å². The van der Waals surface area contributed by atoms with E-state index in [9.17, 15) is 4.79 Å². The van der Waals surface area contributed by atoms with E-state index in [2.05, 4.69) is 14.8 Å². The molecular formula is C10H15N3O3. The maximum Gasteiger partial charge on any atom is 0.377 e.